The van der Waals surface area contributed by atoms with Gasteiger partial charge in [-0.2, -0.15) is 23.5 Å². The van der Waals surface area contributed by atoms with Crippen LogP contribution in [0.1, 0.15) is 51.4 Å². The van der Waals surface area contributed by atoms with E-state index in [-0.39, 0.29) is 77.6 Å². The average molecular weight is 529 g/mol. The van der Waals surface area contributed by atoms with E-state index in [1.54, 1.807) is 0 Å². The number of hydrogen-bond acceptors (Lipinski definition) is 8. The van der Waals surface area contributed by atoms with Crippen molar-refractivity contribution in [1.82, 2.24) is 21.3 Å². The van der Waals surface area contributed by atoms with Gasteiger partial charge in [-0.25, -0.2) is 9.59 Å². The molecule has 0 aliphatic carbocycles. The van der Waals surface area contributed by atoms with Crippen molar-refractivity contribution < 1.29 is 34.9 Å². The molecular formula is C20H32MgN4O7S2. The number of carbonyl (C=O) groups excluding carboxylic acids is 4. The minimum absolute atomic E-state index is 0. The van der Waals surface area contributed by atoms with Gasteiger partial charge in [0.1, 0.15) is 0 Å². The van der Waals surface area contributed by atoms with Crippen LogP contribution in [0.2, 0.25) is 0 Å². The minimum atomic E-state index is -0.979. The molecule has 4 saturated heterocycles. The van der Waals surface area contributed by atoms with Gasteiger partial charge in [0, 0.05) is 33.9 Å². The molecule has 4 rings (SSSR count). The second-order valence-electron chi connectivity index (χ2n) is 8.48. The zero-order chi connectivity index (χ0) is 23.1. The van der Waals surface area contributed by atoms with Crippen LogP contribution in [0, 0.1) is 0 Å². The molecule has 0 bridgehead atoms. The monoisotopic (exact) mass is 528 g/mol. The Morgan fingerprint density at radius 1 is 0.735 bits per heavy atom. The van der Waals surface area contributed by atoms with Crippen molar-refractivity contribution in [2.24, 2.45) is 0 Å². The fourth-order valence-corrected chi connectivity index (χ4v) is 7.60. The van der Waals surface area contributed by atoms with Gasteiger partial charge in [-0.05, 0) is 38.5 Å². The number of urea groups is 2. The van der Waals surface area contributed by atoms with E-state index in [0.29, 0.717) is 23.3 Å². The normalized spacial score (nSPS) is 30.1. The van der Waals surface area contributed by atoms with Gasteiger partial charge in [0.15, 0.2) is 0 Å². The van der Waals surface area contributed by atoms with E-state index in [9.17, 15) is 29.4 Å². The van der Waals surface area contributed by atoms with Crippen molar-refractivity contribution >= 4 is 70.6 Å². The first-order valence-electron chi connectivity index (χ1n) is 11.1. The molecule has 4 aliphatic heterocycles. The third kappa shape index (κ3) is 9.17. The maximum absolute atomic E-state index is 11.1. The summed E-state index contributed by atoms with van der Waals surface area (Å²) in [6, 6.07) is 0.804. The Morgan fingerprint density at radius 2 is 1.12 bits per heavy atom. The van der Waals surface area contributed by atoms with Gasteiger partial charge in [0.05, 0.1) is 24.2 Å². The third-order valence-electron chi connectivity index (χ3n) is 6.12. The van der Waals surface area contributed by atoms with Gasteiger partial charge in [-0.1, -0.05) is 12.8 Å². The predicted molar refractivity (Wildman–Crippen MR) is 127 cm³/mol. The molecule has 6 atom stereocenters. The van der Waals surface area contributed by atoms with Gasteiger partial charge < -0.3 is 46.5 Å². The average Bonchev–Trinajstić information content (AvgIpc) is 3.45. The molecule has 4 heterocycles. The molecule has 0 spiro atoms. The molecule has 4 amide bonds. The number of carboxylic acids is 2. The summed E-state index contributed by atoms with van der Waals surface area (Å²) < 4.78 is 0. The standard InChI is InChI=1S/2C10H16N2O3S.Mg.H2O/c2*13-8(14)4-2-1-3-7-9-6(5-16-7)11-10(15)12-9;;/h2*6-7,9H,1-5H2,(H,13,14)(H2,11,12,15);;1H2/q;;+2;/p-2/t2*6-,7-,9-;;/m00../s1. The van der Waals surface area contributed by atoms with E-state index in [0.717, 1.165) is 37.2 Å². The van der Waals surface area contributed by atoms with Crippen LogP contribution in [-0.4, -0.2) is 98.7 Å². The second kappa shape index (κ2) is 15.1. The van der Waals surface area contributed by atoms with E-state index in [2.05, 4.69) is 21.3 Å². The molecule has 14 heteroatoms. The fourth-order valence-electron chi connectivity index (χ4n) is 4.52. The number of thioether (sulfide) groups is 2. The van der Waals surface area contributed by atoms with E-state index in [1.807, 2.05) is 23.5 Å². The molecule has 4 aliphatic rings. The number of hydrogen-bond donors (Lipinski definition) is 4. The van der Waals surface area contributed by atoms with Crippen LogP contribution in [0.25, 0.3) is 0 Å². The second-order valence-corrected chi connectivity index (χ2v) is 11.0. The first kappa shape index (κ1) is 30.9. The Kier molecular flexibility index (Phi) is 13.8. The fraction of sp³-hybridized carbons (Fsp3) is 0.800. The van der Waals surface area contributed by atoms with Crippen molar-refractivity contribution in [2.75, 3.05) is 11.5 Å². The van der Waals surface area contributed by atoms with E-state index < -0.39 is 11.9 Å². The molecule has 0 radical (unpaired) electrons. The molecule has 0 unspecified atom stereocenters. The molecular weight excluding hydrogens is 497 g/mol. The van der Waals surface area contributed by atoms with E-state index in [4.69, 9.17) is 0 Å². The predicted octanol–water partition coefficient (Wildman–Crippen LogP) is -2.28. The number of rotatable bonds is 10. The molecule has 11 nitrogen and oxygen atoms in total. The third-order valence-corrected chi connectivity index (χ3v) is 9.13. The first-order chi connectivity index (χ1) is 15.3. The Labute approximate surface area is 223 Å². The smallest absolute Gasteiger partial charge is 0.550 e. The minimum Gasteiger partial charge on any atom is -0.550 e. The Bertz CT molecular complexity index is 662. The van der Waals surface area contributed by atoms with Crippen LogP contribution in [-0.2, 0) is 9.59 Å². The largest absolute Gasteiger partial charge is 2.00 e. The van der Waals surface area contributed by atoms with Crippen LogP contribution in [0.4, 0.5) is 9.59 Å². The van der Waals surface area contributed by atoms with Gasteiger partial charge in [-0.15, -0.1) is 0 Å². The quantitative estimate of drug-likeness (QED) is 0.138. The van der Waals surface area contributed by atoms with Crippen molar-refractivity contribution in [3.8, 4) is 0 Å². The summed E-state index contributed by atoms with van der Waals surface area (Å²) in [5.74, 6) is -0.0519. The van der Waals surface area contributed by atoms with Crippen molar-refractivity contribution in [1.29, 1.82) is 0 Å². The topological polar surface area (TPSA) is 194 Å². The van der Waals surface area contributed by atoms with E-state index >= 15 is 0 Å². The molecule has 0 aromatic carbocycles. The Morgan fingerprint density at radius 3 is 1.47 bits per heavy atom. The molecule has 188 valence electrons. The number of amides is 4. The van der Waals surface area contributed by atoms with Crippen LogP contribution in [0.3, 0.4) is 0 Å². The van der Waals surface area contributed by atoms with E-state index in [1.165, 1.54) is 0 Å². The number of carbonyl (C=O) groups is 4. The zero-order valence-corrected chi connectivity index (χ0v) is 22.1. The van der Waals surface area contributed by atoms with Crippen LogP contribution in [0.15, 0.2) is 0 Å². The van der Waals surface area contributed by atoms with Crippen LogP contribution < -0.4 is 31.5 Å². The van der Waals surface area contributed by atoms with Gasteiger partial charge >= 0.3 is 35.1 Å². The molecule has 4 fully saturated rings. The van der Waals surface area contributed by atoms with Crippen molar-refractivity contribution in [2.45, 2.75) is 86.0 Å². The maximum atomic E-state index is 11.1. The number of carboxylic acid groups (broad SMARTS) is 2. The maximum Gasteiger partial charge on any atom is 2.00 e. The molecule has 0 aromatic heterocycles. The summed E-state index contributed by atoms with van der Waals surface area (Å²) >= 11 is 3.71. The molecule has 6 N–H and O–H groups in total. The summed E-state index contributed by atoms with van der Waals surface area (Å²) in [4.78, 5) is 42.7. The van der Waals surface area contributed by atoms with Gasteiger partial charge in [0.25, 0.3) is 0 Å². The summed E-state index contributed by atoms with van der Waals surface area (Å²) in [5, 5.41) is 32.9. The molecule has 34 heavy (non-hydrogen) atoms. The van der Waals surface area contributed by atoms with Gasteiger partial charge in [-0.3, -0.25) is 0 Å². The first-order valence-corrected chi connectivity index (χ1v) is 13.2. The zero-order valence-electron chi connectivity index (χ0n) is 19.0. The Hall–Kier alpha value is -1.09. The number of aliphatic carboxylic acids is 2. The summed E-state index contributed by atoms with van der Waals surface area (Å²) in [5.41, 5.74) is 0. The van der Waals surface area contributed by atoms with Crippen LogP contribution >= 0.6 is 23.5 Å². The van der Waals surface area contributed by atoms with Crippen molar-refractivity contribution in [3.63, 3.8) is 0 Å². The Balaban J connectivity index is 0.000000321. The van der Waals surface area contributed by atoms with Gasteiger partial charge in [0.2, 0.25) is 0 Å². The molecule has 0 saturated carbocycles. The summed E-state index contributed by atoms with van der Waals surface area (Å²) in [6.45, 7) is 0. The van der Waals surface area contributed by atoms with Crippen molar-refractivity contribution in [3.05, 3.63) is 0 Å². The summed E-state index contributed by atoms with van der Waals surface area (Å²) in [7, 11) is 0. The number of unbranched alkanes of at least 4 members (excludes halogenated alkanes) is 2. The number of fused-ring (bicyclic) bond motifs is 2. The van der Waals surface area contributed by atoms with Crippen LogP contribution in [0.5, 0.6) is 0 Å². The summed E-state index contributed by atoms with van der Waals surface area (Å²) in [6.07, 6.45) is 5.28. The number of nitrogens with one attached hydrogen (secondary N) is 4. The SMILES string of the molecule is O.O=C([O-])CCCC[C@@H]1SC[C@@H]2NC(=O)N[C@@H]21.O=C([O-])CCCC[C@@H]1SC[C@@H]2NC(=O)N[C@@H]21.[Mg+2]. The molecule has 0 aromatic rings.